The second kappa shape index (κ2) is 7.97. The van der Waals surface area contributed by atoms with Gasteiger partial charge in [-0.3, -0.25) is 4.79 Å². The molecule has 0 spiro atoms. The van der Waals surface area contributed by atoms with Crippen molar-refractivity contribution in [3.63, 3.8) is 0 Å². The first kappa shape index (κ1) is 20.2. The zero-order chi connectivity index (χ0) is 21.3. The molecule has 4 aromatic rings. The quantitative estimate of drug-likeness (QED) is 0.282. The molecule has 9 heteroatoms. The summed E-state index contributed by atoms with van der Waals surface area (Å²) in [6.07, 6.45) is -3.18. The lowest BCUT2D eigenvalue weighted by atomic mass is 10.1. The normalized spacial score (nSPS) is 12.0. The third-order valence-electron chi connectivity index (χ3n) is 4.20. The van der Waals surface area contributed by atoms with Crippen LogP contribution in [-0.4, -0.2) is 12.1 Å². The number of nitrogens with one attached hydrogen (secondary N) is 1. The fourth-order valence-electron chi connectivity index (χ4n) is 2.79. The lowest BCUT2D eigenvalue weighted by Crippen LogP contribution is -2.16. The van der Waals surface area contributed by atoms with Crippen LogP contribution >= 0.6 is 22.9 Å². The van der Waals surface area contributed by atoms with Gasteiger partial charge in [-0.1, -0.05) is 41.9 Å². The van der Waals surface area contributed by atoms with Crippen LogP contribution in [0, 0.1) is 0 Å². The summed E-state index contributed by atoms with van der Waals surface area (Å²) in [7, 11) is 0. The maximum atomic E-state index is 12.9. The lowest BCUT2D eigenvalue weighted by Gasteiger charge is -2.07. The Bertz CT molecular complexity index is 1260. The fourth-order valence-corrected chi connectivity index (χ4v) is 4.20. The van der Waals surface area contributed by atoms with Crippen LogP contribution in [0.15, 0.2) is 70.2 Å². The number of carbonyl (C=O) groups is 1. The van der Waals surface area contributed by atoms with Gasteiger partial charge in [0.25, 0.3) is 5.91 Å². The first-order chi connectivity index (χ1) is 14.3. The van der Waals surface area contributed by atoms with Crippen molar-refractivity contribution in [1.82, 2.24) is 5.43 Å². The van der Waals surface area contributed by atoms with Gasteiger partial charge < -0.3 is 4.42 Å². The van der Waals surface area contributed by atoms with Crippen molar-refractivity contribution in [3.8, 4) is 11.3 Å². The van der Waals surface area contributed by atoms with Crippen LogP contribution in [0.3, 0.4) is 0 Å². The highest BCUT2D eigenvalue weighted by Gasteiger charge is 2.30. The molecule has 4 nitrogen and oxygen atoms in total. The minimum atomic E-state index is -4.44. The number of hydrogen-bond acceptors (Lipinski definition) is 4. The summed E-state index contributed by atoms with van der Waals surface area (Å²) < 4.78 is 45.0. The Kier molecular flexibility index (Phi) is 5.36. The number of thiophene rings is 1. The Morgan fingerprint density at radius 3 is 2.67 bits per heavy atom. The van der Waals surface area contributed by atoms with E-state index in [1.807, 2.05) is 24.3 Å². The number of carbonyl (C=O) groups excluding carboxylic acids is 1. The average molecular weight is 449 g/mol. The number of nitrogens with zero attached hydrogens (tertiary/aromatic N) is 1. The Hall–Kier alpha value is -3.10. The first-order valence-corrected chi connectivity index (χ1v) is 9.80. The molecule has 0 fully saturated rings. The molecule has 1 N–H and O–H groups in total. The van der Waals surface area contributed by atoms with Crippen molar-refractivity contribution in [2.75, 3.05) is 0 Å². The van der Waals surface area contributed by atoms with E-state index in [1.165, 1.54) is 41.8 Å². The standard InChI is InChI=1S/C21H12ClF3N2O2S/c22-18-15-6-1-2-7-17(15)30-19(18)20(28)27-26-11-14-8-9-16(29-14)12-4-3-5-13(10-12)21(23,24)25/h1-11H,(H,27,28). The molecule has 0 aliphatic rings. The van der Waals surface area contributed by atoms with Crippen LogP contribution < -0.4 is 5.43 Å². The minimum Gasteiger partial charge on any atom is -0.455 e. The van der Waals surface area contributed by atoms with Crippen LogP contribution in [0.4, 0.5) is 13.2 Å². The van der Waals surface area contributed by atoms with E-state index in [-0.39, 0.29) is 17.1 Å². The highest BCUT2D eigenvalue weighted by atomic mass is 35.5. The molecule has 0 aliphatic carbocycles. The van der Waals surface area contributed by atoms with Crippen LogP contribution in [0.2, 0.25) is 5.02 Å². The number of amides is 1. The SMILES string of the molecule is O=C(NN=Cc1ccc(-c2cccc(C(F)(F)F)c2)o1)c1sc2ccccc2c1Cl. The fraction of sp³-hybridized carbons (Fsp3) is 0.0476. The van der Waals surface area contributed by atoms with Gasteiger partial charge in [-0.25, -0.2) is 5.43 Å². The van der Waals surface area contributed by atoms with Gasteiger partial charge in [-0.2, -0.15) is 18.3 Å². The molecule has 4 rings (SSSR count). The summed E-state index contributed by atoms with van der Waals surface area (Å²) in [5, 5.41) is 4.98. The molecule has 152 valence electrons. The summed E-state index contributed by atoms with van der Waals surface area (Å²) in [6.45, 7) is 0. The van der Waals surface area contributed by atoms with Gasteiger partial charge in [-0.15, -0.1) is 11.3 Å². The number of fused-ring (bicyclic) bond motifs is 1. The summed E-state index contributed by atoms with van der Waals surface area (Å²) >= 11 is 7.51. The summed E-state index contributed by atoms with van der Waals surface area (Å²) in [5.41, 5.74) is 1.89. The molecule has 0 saturated heterocycles. The topological polar surface area (TPSA) is 54.6 Å². The van der Waals surface area contributed by atoms with E-state index in [4.69, 9.17) is 16.0 Å². The molecule has 0 atom stereocenters. The molecule has 30 heavy (non-hydrogen) atoms. The van der Waals surface area contributed by atoms with E-state index in [1.54, 1.807) is 0 Å². The number of hydrazone groups is 1. The maximum Gasteiger partial charge on any atom is 0.416 e. The number of benzene rings is 2. The second-order valence-electron chi connectivity index (χ2n) is 6.22. The smallest absolute Gasteiger partial charge is 0.416 e. The van der Waals surface area contributed by atoms with Crippen LogP contribution in [-0.2, 0) is 6.18 Å². The van der Waals surface area contributed by atoms with E-state index >= 15 is 0 Å². The number of halogens is 4. The van der Waals surface area contributed by atoms with Crippen molar-refractivity contribution in [2.45, 2.75) is 6.18 Å². The molecule has 1 amide bonds. The molecular weight excluding hydrogens is 437 g/mol. The molecule has 0 aliphatic heterocycles. The van der Waals surface area contributed by atoms with Gasteiger partial charge in [0, 0.05) is 15.6 Å². The number of hydrogen-bond donors (Lipinski definition) is 1. The average Bonchev–Trinajstić information content (AvgIpc) is 3.33. The number of rotatable bonds is 4. The highest BCUT2D eigenvalue weighted by molar-refractivity contribution is 7.21. The van der Waals surface area contributed by atoms with Crippen LogP contribution in [0.25, 0.3) is 21.4 Å². The van der Waals surface area contributed by atoms with Gasteiger partial charge >= 0.3 is 6.18 Å². The van der Waals surface area contributed by atoms with Gasteiger partial charge in [0.05, 0.1) is 16.8 Å². The third kappa shape index (κ3) is 4.10. The van der Waals surface area contributed by atoms with Crippen LogP contribution in [0.1, 0.15) is 21.0 Å². The van der Waals surface area contributed by atoms with E-state index < -0.39 is 17.6 Å². The molecule has 0 saturated carbocycles. The largest absolute Gasteiger partial charge is 0.455 e. The van der Waals surface area contributed by atoms with Crippen molar-refractivity contribution in [2.24, 2.45) is 5.10 Å². The van der Waals surface area contributed by atoms with Crippen molar-refractivity contribution < 1.29 is 22.4 Å². The number of furan rings is 1. The van der Waals surface area contributed by atoms with E-state index in [9.17, 15) is 18.0 Å². The Morgan fingerprint density at radius 2 is 1.90 bits per heavy atom. The van der Waals surface area contributed by atoms with Gasteiger partial charge in [0.1, 0.15) is 16.4 Å². The van der Waals surface area contributed by atoms with E-state index in [0.717, 1.165) is 22.2 Å². The Morgan fingerprint density at radius 1 is 1.10 bits per heavy atom. The summed E-state index contributed by atoms with van der Waals surface area (Å²) in [4.78, 5) is 12.7. The van der Waals surface area contributed by atoms with Gasteiger partial charge in [0.2, 0.25) is 0 Å². The van der Waals surface area contributed by atoms with E-state index in [0.29, 0.717) is 9.90 Å². The monoisotopic (exact) mass is 448 g/mol. The molecule has 0 unspecified atom stereocenters. The molecule has 0 bridgehead atoms. The predicted octanol–water partition coefficient (Wildman–Crippen LogP) is 6.60. The molecule has 0 radical (unpaired) electrons. The summed E-state index contributed by atoms with van der Waals surface area (Å²) in [5.74, 6) is 0.0497. The van der Waals surface area contributed by atoms with Gasteiger partial charge in [0.15, 0.2) is 0 Å². The minimum absolute atomic E-state index is 0.251. The predicted molar refractivity (Wildman–Crippen MR) is 111 cm³/mol. The second-order valence-corrected chi connectivity index (χ2v) is 7.65. The van der Waals surface area contributed by atoms with Crippen molar-refractivity contribution >= 4 is 45.1 Å². The first-order valence-electron chi connectivity index (χ1n) is 8.61. The zero-order valence-electron chi connectivity index (χ0n) is 15.0. The number of alkyl halides is 3. The van der Waals surface area contributed by atoms with Gasteiger partial charge in [-0.05, 0) is 30.3 Å². The third-order valence-corrected chi connectivity index (χ3v) is 5.87. The van der Waals surface area contributed by atoms with Crippen LogP contribution in [0.5, 0.6) is 0 Å². The highest BCUT2D eigenvalue weighted by Crippen LogP contribution is 2.35. The maximum absolute atomic E-state index is 12.9. The molecule has 2 aromatic carbocycles. The van der Waals surface area contributed by atoms with Crippen molar-refractivity contribution in [3.05, 3.63) is 81.9 Å². The molecule has 2 aromatic heterocycles. The Balaban J connectivity index is 1.47. The van der Waals surface area contributed by atoms with Crippen molar-refractivity contribution in [1.29, 1.82) is 0 Å². The lowest BCUT2D eigenvalue weighted by molar-refractivity contribution is -0.137. The van der Waals surface area contributed by atoms with E-state index in [2.05, 4.69) is 10.5 Å². The summed E-state index contributed by atoms with van der Waals surface area (Å²) in [6, 6.07) is 15.3. The molecule has 2 heterocycles. The zero-order valence-corrected chi connectivity index (χ0v) is 16.6. The Labute approximate surface area is 177 Å². The molecular formula is C21H12ClF3N2O2S.